The van der Waals surface area contributed by atoms with Crippen LogP contribution in [-0.2, 0) is 6.42 Å². The van der Waals surface area contributed by atoms with Gasteiger partial charge in [-0.2, -0.15) is 0 Å². The van der Waals surface area contributed by atoms with Crippen molar-refractivity contribution in [2.75, 3.05) is 13.7 Å². The summed E-state index contributed by atoms with van der Waals surface area (Å²) in [4.78, 5) is 0. The van der Waals surface area contributed by atoms with Crippen LogP contribution in [0.5, 0.6) is 5.75 Å². The Balaban J connectivity index is 2.48. The van der Waals surface area contributed by atoms with Gasteiger partial charge >= 0.3 is 0 Å². The maximum atomic E-state index is 9.97. The molecule has 3 heteroatoms. The predicted molar refractivity (Wildman–Crippen MR) is 65.6 cm³/mol. The number of ether oxygens (including phenoxy) is 1. The molecular weight excluding hydrogens is 202 g/mol. The second kappa shape index (κ2) is 5.87. The molecule has 1 unspecified atom stereocenters. The minimum Gasteiger partial charge on any atom is -0.497 e. The van der Waals surface area contributed by atoms with Gasteiger partial charge in [-0.1, -0.05) is 12.1 Å². The highest BCUT2D eigenvalue weighted by atomic mass is 16.5. The molecule has 3 N–H and O–H groups in total. The van der Waals surface area contributed by atoms with Crippen LogP contribution in [-0.4, -0.2) is 24.4 Å². The fourth-order valence-corrected chi connectivity index (χ4v) is 1.64. The van der Waals surface area contributed by atoms with Gasteiger partial charge in [-0.15, -0.1) is 0 Å². The molecule has 3 nitrogen and oxygen atoms in total. The molecule has 16 heavy (non-hydrogen) atoms. The normalized spacial score (nSPS) is 14.5. The van der Waals surface area contributed by atoms with Crippen LogP contribution in [0.1, 0.15) is 25.3 Å². The summed E-state index contributed by atoms with van der Waals surface area (Å²) < 4.78 is 5.09. The van der Waals surface area contributed by atoms with E-state index in [2.05, 4.69) is 0 Å². The van der Waals surface area contributed by atoms with Crippen molar-refractivity contribution in [3.8, 4) is 5.75 Å². The summed E-state index contributed by atoms with van der Waals surface area (Å²) in [7, 11) is 1.65. The third-order valence-electron chi connectivity index (χ3n) is 2.79. The fourth-order valence-electron chi connectivity index (χ4n) is 1.64. The zero-order valence-corrected chi connectivity index (χ0v) is 10.1. The van der Waals surface area contributed by atoms with Crippen LogP contribution >= 0.6 is 0 Å². The molecule has 0 heterocycles. The Labute approximate surface area is 97.2 Å². The van der Waals surface area contributed by atoms with Gasteiger partial charge in [0, 0.05) is 0 Å². The van der Waals surface area contributed by atoms with Gasteiger partial charge in [0.15, 0.2) is 0 Å². The minimum absolute atomic E-state index is 0.523. The maximum Gasteiger partial charge on any atom is 0.118 e. The average Bonchev–Trinajstić information content (AvgIpc) is 2.27. The van der Waals surface area contributed by atoms with E-state index in [1.54, 1.807) is 7.11 Å². The van der Waals surface area contributed by atoms with Crippen molar-refractivity contribution in [2.45, 2.75) is 31.8 Å². The lowest BCUT2D eigenvalue weighted by Gasteiger charge is -2.22. The van der Waals surface area contributed by atoms with Crippen LogP contribution in [0.4, 0.5) is 0 Å². The van der Waals surface area contributed by atoms with Crippen LogP contribution < -0.4 is 10.5 Å². The van der Waals surface area contributed by atoms with E-state index in [1.807, 2.05) is 31.2 Å². The Morgan fingerprint density at radius 3 is 2.38 bits per heavy atom. The van der Waals surface area contributed by atoms with E-state index in [0.717, 1.165) is 18.6 Å². The van der Waals surface area contributed by atoms with Gasteiger partial charge in [0.1, 0.15) is 5.75 Å². The van der Waals surface area contributed by atoms with E-state index in [4.69, 9.17) is 10.5 Å². The third kappa shape index (κ3) is 4.21. The van der Waals surface area contributed by atoms with Crippen molar-refractivity contribution < 1.29 is 9.84 Å². The van der Waals surface area contributed by atoms with Crippen LogP contribution in [0.2, 0.25) is 0 Å². The highest BCUT2D eigenvalue weighted by Gasteiger charge is 2.18. The Morgan fingerprint density at radius 1 is 1.25 bits per heavy atom. The average molecular weight is 223 g/mol. The highest BCUT2D eigenvalue weighted by molar-refractivity contribution is 5.27. The number of nitrogens with two attached hydrogens (primary N) is 1. The molecule has 1 aromatic carbocycles. The van der Waals surface area contributed by atoms with Crippen molar-refractivity contribution in [1.82, 2.24) is 0 Å². The van der Waals surface area contributed by atoms with E-state index in [-0.39, 0.29) is 0 Å². The molecule has 0 spiro atoms. The van der Waals surface area contributed by atoms with Crippen molar-refractivity contribution in [3.63, 3.8) is 0 Å². The monoisotopic (exact) mass is 223 g/mol. The minimum atomic E-state index is -0.658. The van der Waals surface area contributed by atoms with Crippen molar-refractivity contribution in [2.24, 2.45) is 5.73 Å². The number of hydrogen-bond acceptors (Lipinski definition) is 3. The smallest absolute Gasteiger partial charge is 0.118 e. The predicted octanol–water partition coefficient (Wildman–Crippen LogP) is 1.73. The molecule has 90 valence electrons. The molecule has 1 atom stereocenters. The molecule has 0 aliphatic carbocycles. The molecule has 1 aromatic rings. The van der Waals surface area contributed by atoms with Gasteiger partial charge < -0.3 is 15.6 Å². The lowest BCUT2D eigenvalue weighted by molar-refractivity contribution is 0.0448. The van der Waals surface area contributed by atoms with E-state index < -0.39 is 5.60 Å². The van der Waals surface area contributed by atoms with Gasteiger partial charge in [0.2, 0.25) is 0 Å². The Morgan fingerprint density at radius 2 is 1.88 bits per heavy atom. The molecule has 0 aliphatic heterocycles. The van der Waals surface area contributed by atoms with Gasteiger partial charge in [-0.3, -0.25) is 0 Å². The first-order chi connectivity index (χ1) is 7.57. The number of rotatable bonds is 6. The molecular formula is C13H21NO2. The molecule has 0 radical (unpaired) electrons. The highest BCUT2D eigenvalue weighted by Crippen LogP contribution is 2.18. The lowest BCUT2D eigenvalue weighted by Crippen LogP contribution is -2.28. The number of benzene rings is 1. The molecule has 1 rings (SSSR count). The first-order valence-electron chi connectivity index (χ1n) is 5.63. The Kier molecular flexibility index (Phi) is 4.77. The van der Waals surface area contributed by atoms with E-state index in [1.165, 1.54) is 5.56 Å². The second-order valence-electron chi connectivity index (χ2n) is 4.38. The SMILES string of the molecule is COc1ccc(CCC(C)(O)CCN)cc1. The molecule has 0 saturated heterocycles. The number of aliphatic hydroxyl groups is 1. The molecule has 0 aliphatic rings. The van der Waals surface area contributed by atoms with Crippen LogP contribution in [0.15, 0.2) is 24.3 Å². The summed E-state index contributed by atoms with van der Waals surface area (Å²) in [6, 6.07) is 7.93. The molecule has 0 bridgehead atoms. The first-order valence-corrected chi connectivity index (χ1v) is 5.63. The van der Waals surface area contributed by atoms with Crippen LogP contribution in [0, 0.1) is 0 Å². The second-order valence-corrected chi connectivity index (χ2v) is 4.38. The summed E-state index contributed by atoms with van der Waals surface area (Å²) >= 11 is 0. The molecule has 0 amide bonds. The van der Waals surface area contributed by atoms with Gasteiger partial charge in [0.25, 0.3) is 0 Å². The summed E-state index contributed by atoms with van der Waals surface area (Å²) in [5.41, 5.74) is 5.99. The van der Waals surface area contributed by atoms with Gasteiger partial charge in [-0.25, -0.2) is 0 Å². The van der Waals surface area contributed by atoms with Crippen molar-refractivity contribution in [3.05, 3.63) is 29.8 Å². The maximum absolute atomic E-state index is 9.97. The first kappa shape index (κ1) is 13.0. The molecule has 0 fully saturated rings. The Bertz CT molecular complexity index is 306. The van der Waals surface area contributed by atoms with E-state index in [9.17, 15) is 5.11 Å². The fraction of sp³-hybridized carbons (Fsp3) is 0.538. The summed E-state index contributed by atoms with van der Waals surface area (Å²) in [5, 5.41) is 9.97. The zero-order chi connectivity index (χ0) is 12.0. The van der Waals surface area contributed by atoms with Gasteiger partial charge in [0.05, 0.1) is 12.7 Å². The molecule has 0 saturated carbocycles. The van der Waals surface area contributed by atoms with Crippen LogP contribution in [0.25, 0.3) is 0 Å². The number of methoxy groups -OCH3 is 1. The zero-order valence-electron chi connectivity index (χ0n) is 10.1. The summed E-state index contributed by atoms with van der Waals surface area (Å²) in [5.74, 6) is 0.859. The summed E-state index contributed by atoms with van der Waals surface area (Å²) in [6.45, 7) is 2.36. The topological polar surface area (TPSA) is 55.5 Å². The Hall–Kier alpha value is -1.06. The quantitative estimate of drug-likeness (QED) is 0.772. The van der Waals surface area contributed by atoms with Gasteiger partial charge in [-0.05, 0) is 50.4 Å². The molecule has 0 aromatic heterocycles. The number of aryl methyl sites for hydroxylation is 1. The van der Waals surface area contributed by atoms with Crippen molar-refractivity contribution >= 4 is 0 Å². The standard InChI is InChI=1S/C13H21NO2/c1-13(15,9-10-14)8-7-11-3-5-12(16-2)6-4-11/h3-6,15H,7-10,14H2,1-2H3. The number of hydrogen-bond donors (Lipinski definition) is 2. The largest absolute Gasteiger partial charge is 0.497 e. The van der Waals surface area contributed by atoms with E-state index >= 15 is 0 Å². The van der Waals surface area contributed by atoms with Crippen molar-refractivity contribution in [1.29, 1.82) is 0 Å². The van der Waals surface area contributed by atoms with Crippen LogP contribution in [0.3, 0.4) is 0 Å². The lowest BCUT2D eigenvalue weighted by atomic mass is 9.94. The summed E-state index contributed by atoms with van der Waals surface area (Å²) in [6.07, 6.45) is 2.23. The van der Waals surface area contributed by atoms with E-state index in [0.29, 0.717) is 13.0 Å². The third-order valence-corrected chi connectivity index (χ3v) is 2.79.